The second-order valence-corrected chi connectivity index (χ2v) is 6.02. The van der Waals surface area contributed by atoms with Gasteiger partial charge in [0.2, 0.25) is 5.91 Å². The summed E-state index contributed by atoms with van der Waals surface area (Å²) in [6, 6.07) is 12.9. The van der Waals surface area contributed by atoms with Crippen molar-refractivity contribution < 1.29 is 9.53 Å². The van der Waals surface area contributed by atoms with E-state index in [-0.39, 0.29) is 12.5 Å². The van der Waals surface area contributed by atoms with Gasteiger partial charge in [-0.1, -0.05) is 15.9 Å². The molecule has 0 heterocycles. The maximum absolute atomic E-state index is 11.9. The minimum atomic E-state index is -0.116. The molecule has 4 nitrogen and oxygen atoms in total. The van der Waals surface area contributed by atoms with Crippen molar-refractivity contribution in [3.8, 4) is 5.75 Å². The van der Waals surface area contributed by atoms with Crippen molar-refractivity contribution in [1.29, 1.82) is 0 Å². The van der Waals surface area contributed by atoms with Gasteiger partial charge in [0.15, 0.2) is 0 Å². The predicted octanol–water partition coefficient (Wildman–Crippen LogP) is 4.27. The summed E-state index contributed by atoms with van der Waals surface area (Å²) in [5.41, 5.74) is 1.60. The summed E-state index contributed by atoms with van der Waals surface area (Å²) in [7, 11) is 1.60. The quantitative estimate of drug-likeness (QED) is 0.769. The molecule has 0 unspecified atom stereocenters. The van der Waals surface area contributed by atoms with E-state index in [1.807, 2.05) is 18.2 Å². The van der Waals surface area contributed by atoms with Gasteiger partial charge in [0, 0.05) is 20.3 Å². The van der Waals surface area contributed by atoms with E-state index in [9.17, 15) is 4.79 Å². The van der Waals surface area contributed by atoms with Crippen LogP contribution in [-0.2, 0) is 4.79 Å². The first-order valence-electron chi connectivity index (χ1n) is 6.21. The third-order valence-corrected chi connectivity index (χ3v) is 3.89. The molecule has 21 heavy (non-hydrogen) atoms. The monoisotopic (exact) mass is 412 g/mol. The first kappa shape index (κ1) is 15.9. The molecule has 0 aliphatic heterocycles. The highest BCUT2D eigenvalue weighted by atomic mass is 79.9. The SMILES string of the molecule is COc1ccc(NC(=O)CNc2ccc(Br)cc2Br)cc1. The molecule has 0 aromatic heterocycles. The second kappa shape index (κ2) is 7.47. The van der Waals surface area contributed by atoms with Gasteiger partial charge < -0.3 is 15.4 Å². The molecule has 2 aromatic rings. The molecule has 0 aliphatic rings. The van der Waals surface area contributed by atoms with Crippen LogP contribution in [0.4, 0.5) is 11.4 Å². The molecule has 2 rings (SSSR count). The van der Waals surface area contributed by atoms with Crippen LogP contribution in [0.2, 0.25) is 0 Å². The van der Waals surface area contributed by atoms with Gasteiger partial charge in [-0.15, -0.1) is 0 Å². The van der Waals surface area contributed by atoms with Gasteiger partial charge >= 0.3 is 0 Å². The summed E-state index contributed by atoms with van der Waals surface area (Å²) in [5, 5.41) is 5.89. The molecule has 0 radical (unpaired) electrons. The molecule has 110 valence electrons. The molecule has 0 bridgehead atoms. The Morgan fingerprint density at radius 3 is 2.48 bits per heavy atom. The van der Waals surface area contributed by atoms with E-state index in [0.29, 0.717) is 0 Å². The molecule has 0 spiro atoms. The van der Waals surface area contributed by atoms with Crippen LogP contribution in [0, 0.1) is 0 Å². The van der Waals surface area contributed by atoms with Gasteiger partial charge in [0.05, 0.1) is 13.7 Å². The second-order valence-electron chi connectivity index (χ2n) is 4.25. The number of hydrogen-bond donors (Lipinski definition) is 2. The van der Waals surface area contributed by atoms with Crippen molar-refractivity contribution >= 4 is 49.1 Å². The number of benzene rings is 2. The molecule has 0 atom stereocenters. The molecule has 0 saturated heterocycles. The van der Waals surface area contributed by atoms with Crippen molar-refractivity contribution in [2.45, 2.75) is 0 Å². The summed E-state index contributed by atoms with van der Waals surface area (Å²) in [5.74, 6) is 0.639. The first-order chi connectivity index (χ1) is 10.1. The van der Waals surface area contributed by atoms with Crippen molar-refractivity contribution in [1.82, 2.24) is 0 Å². The van der Waals surface area contributed by atoms with Crippen LogP contribution in [0.3, 0.4) is 0 Å². The number of anilines is 2. The van der Waals surface area contributed by atoms with Crippen LogP contribution >= 0.6 is 31.9 Å². The Labute approximate surface area is 140 Å². The highest BCUT2D eigenvalue weighted by Crippen LogP contribution is 2.25. The largest absolute Gasteiger partial charge is 0.497 e. The molecule has 0 aliphatic carbocycles. The lowest BCUT2D eigenvalue weighted by Gasteiger charge is -2.10. The maximum atomic E-state index is 11.9. The van der Waals surface area contributed by atoms with E-state index in [1.54, 1.807) is 31.4 Å². The molecule has 2 aromatic carbocycles. The Morgan fingerprint density at radius 1 is 1.14 bits per heavy atom. The van der Waals surface area contributed by atoms with Crippen molar-refractivity contribution in [2.75, 3.05) is 24.3 Å². The average molecular weight is 414 g/mol. The Kier molecular flexibility index (Phi) is 5.64. The number of ether oxygens (including phenoxy) is 1. The summed E-state index contributed by atoms with van der Waals surface area (Å²) in [4.78, 5) is 11.9. The van der Waals surface area contributed by atoms with Gasteiger partial charge in [0.1, 0.15) is 5.75 Å². The van der Waals surface area contributed by atoms with E-state index in [0.717, 1.165) is 26.1 Å². The fourth-order valence-corrected chi connectivity index (χ4v) is 2.88. The molecule has 0 fully saturated rings. The lowest BCUT2D eigenvalue weighted by atomic mass is 10.3. The summed E-state index contributed by atoms with van der Waals surface area (Å²) in [6.45, 7) is 0.187. The summed E-state index contributed by atoms with van der Waals surface area (Å²) < 4.78 is 6.94. The Bertz CT molecular complexity index is 630. The van der Waals surface area contributed by atoms with Crippen molar-refractivity contribution in [2.24, 2.45) is 0 Å². The van der Waals surface area contributed by atoms with E-state index in [4.69, 9.17) is 4.74 Å². The Hall–Kier alpha value is -1.53. The molecule has 1 amide bonds. The number of amides is 1. The number of halogens is 2. The van der Waals surface area contributed by atoms with Crippen LogP contribution in [-0.4, -0.2) is 19.6 Å². The highest BCUT2D eigenvalue weighted by Gasteiger charge is 2.05. The smallest absolute Gasteiger partial charge is 0.243 e. The van der Waals surface area contributed by atoms with Crippen molar-refractivity contribution in [3.05, 3.63) is 51.4 Å². The number of methoxy groups -OCH3 is 1. The lowest BCUT2D eigenvalue weighted by molar-refractivity contribution is -0.114. The Morgan fingerprint density at radius 2 is 1.86 bits per heavy atom. The van der Waals surface area contributed by atoms with Crippen LogP contribution in [0.5, 0.6) is 5.75 Å². The topological polar surface area (TPSA) is 50.4 Å². The molecule has 2 N–H and O–H groups in total. The molecular weight excluding hydrogens is 400 g/mol. The van der Waals surface area contributed by atoms with Crippen LogP contribution in [0.25, 0.3) is 0 Å². The van der Waals surface area contributed by atoms with E-state index in [1.165, 1.54) is 0 Å². The third-order valence-electron chi connectivity index (χ3n) is 2.74. The van der Waals surface area contributed by atoms with Gasteiger partial charge in [-0.3, -0.25) is 4.79 Å². The van der Waals surface area contributed by atoms with Gasteiger partial charge in [-0.25, -0.2) is 0 Å². The fourth-order valence-electron chi connectivity index (χ4n) is 1.69. The normalized spacial score (nSPS) is 10.0. The van der Waals surface area contributed by atoms with E-state index >= 15 is 0 Å². The minimum absolute atomic E-state index is 0.116. The molecular formula is C15H14Br2N2O2. The van der Waals surface area contributed by atoms with Crippen molar-refractivity contribution in [3.63, 3.8) is 0 Å². The van der Waals surface area contributed by atoms with Gasteiger partial charge in [0.25, 0.3) is 0 Å². The standard InChI is InChI=1S/C15H14Br2N2O2/c1-21-12-5-3-11(4-6-12)19-15(20)9-18-14-7-2-10(16)8-13(14)17/h2-8,18H,9H2,1H3,(H,19,20). The lowest BCUT2D eigenvalue weighted by Crippen LogP contribution is -2.21. The predicted molar refractivity (Wildman–Crippen MR) is 92.0 cm³/mol. The van der Waals surface area contributed by atoms with Crippen LogP contribution in [0.15, 0.2) is 51.4 Å². The number of nitrogens with one attached hydrogen (secondary N) is 2. The zero-order valence-electron chi connectivity index (χ0n) is 11.3. The number of carbonyl (C=O) groups is 1. The first-order valence-corrected chi connectivity index (χ1v) is 7.80. The zero-order chi connectivity index (χ0) is 15.2. The number of hydrogen-bond acceptors (Lipinski definition) is 3. The Balaban J connectivity index is 1.89. The summed E-state index contributed by atoms with van der Waals surface area (Å²) in [6.07, 6.45) is 0. The molecule has 6 heteroatoms. The maximum Gasteiger partial charge on any atom is 0.243 e. The van der Waals surface area contributed by atoms with Crippen LogP contribution in [0.1, 0.15) is 0 Å². The number of rotatable bonds is 5. The van der Waals surface area contributed by atoms with E-state index in [2.05, 4.69) is 42.5 Å². The fraction of sp³-hybridized carbons (Fsp3) is 0.133. The molecule has 0 saturated carbocycles. The van der Waals surface area contributed by atoms with Crippen LogP contribution < -0.4 is 15.4 Å². The average Bonchev–Trinajstić information content (AvgIpc) is 2.47. The highest BCUT2D eigenvalue weighted by molar-refractivity contribution is 9.11. The van der Waals surface area contributed by atoms with E-state index < -0.39 is 0 Å². The minimum Gasteiger partial charge on any atom is -0.497 e. The van der Waals surface area contributed by atoms with Gasteiger partial charge in [-0.05, 0) is 58.4 Å². The summed E-state index contributed by atoms with van der Waals surface area (Å²) >= 11 is 6.83. The zero-order valence-corrected chi connectivity index (χ0v) is 14.5. The number of carbonyl (C=O) groups excluding carboxylic acids is 1. The third kappa shape index (κ3) is 4.75. The van der Waals surface area contributed by atoms with Gasteiger partial charge in [-0.2, -0.15) is 0 Å².